The van der Waals surface area contributed by atoms with Gasteiger partial charge in [0.1, 0.15) is 0 Å². The van der Waals surface area contributed by atoms with Crippen molar-refractivity contribution < 1.29 is 9.31 Å². The summed E-state index contributed by atoms with van der Waals surface area (Å²) in [5, 5.41) is 4.44. The zero-order valence-electron chi connectivity index (χ0n) is 11.4. The number of rotatable bonds is 1. The predicted molar refractivity (Wildman–Crippen MR) is 74.1 cm³/mol. The van der Waals surface area contributed by atoms with Crippen LogP contribution in [0.25, 0.3) is 0 Å². The minimum Gasteiger partial charge on any atom is -0.399 e. The second-order valence-corrected chi connectivity index (χ2v) is 7.02. The minimum absolute atomic E-state index is 0.280. The van der Waals surface area contributed by atoms with Crippen molar-refractivity contribution in [3.05, 3.63) is 11.9 Å². The number of hydrogen-bond donors (Lipinski definition) is 0. The van der Waals surface area contributed by atoms with Gasteiger partial charge in [-0.1, -0.05) is 0 Å². The van der Waals surface area contributed by atoms with Gasteiger partial charge in [0, 0.05) is 28.9 Å². The normalized spacial score (nSPS) is 25.2. The molecule has 6 heteroatoms. The van der Waals surface area contributed by atoms with E-state index in [9.17, 15) is 0 Å². The molecular formula is C12H19BN2O2S. The molecule has 1 aromatic heterocycles. The molecule has 0 aliphatic carbocycles. The second kappa shape index (κ2) is 4.02. The first kappa shape index (κ1) is 12.6. The van der Waals surface area contributed by atoms with E-state index in [1.54, 1.807) is 0 Å². The van der Waals surface area contributed by atoms with Gasteiger partial charge >= 0.3 is 7.12 Å². The summed E-state index contributed by atoms with van der Waals surface area (Å²) in [5.74, 6) is 2.14. The fraction of sp³-hybridized carbons (Fsp3) is 0.750. The lowest BCUT2D eigenvalue weighted by Gasteiger charge is -2.32. The first-order valence-corrected chi connectivity index (χ1v) is 7.54. The Labute approximate surface area is 113 Å². The molecule has 2 aliphatic rings. The van der Waals surface area contributed by atoms with Gasteiger partial charge in [-0.15, -0.1) is 0 Å². The van der Waals surface area contributed by atoms with Crippen LogP contribution in [-0.4, -0.2) is 33.9 Å². The smallest absolute Gasteiger partial charge is 0.399 e. The monoisotopic (exact) mass is 266 g/mol. The Balaban J connectivity index is 1.91. The Kier molecular flexibility index (Phi) is 2.81. The van der Waals surface area contributed by atoms with Crippen LogP contribution in [0.3, 0.4) is 0 Å². The van der Waals surface area contributed by atoms with Crippen LogP contribution < -0.4 is 5.46 Å². The van der Waals surface area contributed by atoms with Crippen molar-refractivity contribution >= 4 is 24.3 Å². The number of aryl methyl sites for hydroxylation is 1. The third-order valence-electron chi connectivity index (χ3n) is 4.17. The molecule has 2 aliphatic heterocycles. The fourth-order valence-electron chi connectivity index (χ4n) is 2.26. The van der Waals surface area contributed by atoms with E-state index in [2.05, 4.69) is 37.5 Å². The Morgan fingerprint density at radius 2 is 1.94 bits per heavy atom. The molecule has 0 spiro atoms. The zero-order chi connectivity index (χ0) is 13.0. The van der Waals surface area contributed by atoms with Crippen LogP contribution in [-0.2, 0) is 21.6 Å². The summed E-state index contributed by atoms with van der Waals surface area (Å²) in [6.45, 7) is 9.31. The average molecular weight is 266 g/mol. The number of thioether (sulfide) groups is 1. The van der Waals surface area contributed by atoms with Crippen molar-refractivity contribution in [1.29, 1.82) is 0 Å². The highest BCUT2D eigenvalue weighted by molar-refractivity contribution is 7.98. The summed E-state index contributed by atoms with van der Waals surface area (Å²) in [6.07, 6.45) is 1.91. The maximum Gasteiger partial charge on any atom is 0.498 e. The Morgan fingerprint density at radius 1 is 1.28 bits per heavy atom. The van der Waals surface area contributed by atoms with Crippen LogP contribution >= 0.6 is 11.8 Å². The minimum atomic E-state index is -0.283. The number of hydrogen-bond acceptors (Lipinski definition) is 4. The molecule has 0 aromatic carbocycles. The van der Waals surface area contributed by atoms with Gasteiger partial charge in [-0.25, -0.2) is 0 Å². The molecule has 0 amide bonds. The molecular weight excluding hydrogens is 247 g/mol. The number of aromatic nitrogens is 2. The summed E-state index contributed by atoms with van der Waals surface area (Å²) in [4.78, 5) is 0. The molecule has 3 heterocycles. The highest BCUT2D eigenvalue weighted by Crippen LogP contribution is 2.37. The average Bonchev–Trinajstić information content (AvgIpc) is 2.78. The largest absolute Gasteiger partial charge is 0.498 e. The van der Waals surface area contributed by atoms with E-state index < -0.39 is 0 Å². The number of fused-ring (bicyclic) bond motifs is 1. The summed E-state index contributed by atoms with van der Waals surface area (Å²) in [6, 6.07) is 0. The Morgan fingerprint density at radius 3 is 2.61 bits per heavy atom. The van der Waals surface area contributed by atoms with Crippen molar-refractivity contribution in [2.75, 3.05) is 5.75 Å². The third-order valence-corrected chi connectivity index (χ3v) is 5.12. The summed E-state index contributed by atoms with van der Waals surface area (Å²) in [7, 11) is -0.280. The van der Waals surface area contributed by atoms with Gasteiger partial charge < -0.3 is 9.31 Å². The van der Waals surface area contributed by atoms with Crippen molar-refractivity contribution in [3.8, 4) is 0 Å². The van der Waals surface area contributed by atoms with Gasteiger partial charge in [0.25, 0.3) is 0 Å². The second-order valence-electron chi connectivity index (χ2n) is 5.91. The van der Waals surface area contributed by atoms with Gasteiger partial charge in [0.05, 0.1) is 17.7 Å². The maximum absolute atomic E-state index is 6.09. The molecule has 0 unspecified atom stereocenters. The van der Waals surface area contributed by atoms with Crippen LogP contribution in [0.15, 0.2) is 6.20 Å². The molecule has 1 saturated heterocycles. The molecule has 0 saturated carbocycles. The molecule has 1 aromatic rings. The third kappa shape index (κ3) is 1.82. The van der Waals surface area contributed by atoms with Crippen molar-refractivity contribution in [2.45, 2.75) is 51.2 Å². The van der Waals surface area contributed by atoms with Crippen LogP contribution in [0.5, 0.6) is 0 Å². The summed E-state index contributed by atoms with van der Waals surface area (Å²) in [5.41, 5.74) is 1.79. The molecule has 0 radical (unpaired) electrons. The highest BCUT2D eigenvalue weighted by Gasteiger charge is 2.52. The SMILES string of the molecule is CC1(C)OB(c2cnn3c2CSCC3)OC1(C)C. The topological polar surface area (TPSA) is 36.3 Å². The molecule has 0 atom stereocenters. The van der Waals surface area contributed by atoms with Gasteiger partial charge in [-0.2, -0.15) is 16.9 Å². The molecule has 0 N–H and O–H groups in total. The van der Waals surface area contributed by atoms with Gasteiger partial charge in [0.2, 0.25) is 0 Å². The van der Waals surface area contributed by atoms with Crippen LogP contribution in [0, 0.1) is 0 Å². The molecule has 0 bridgehead atoms. The Bertz CT molecular complexity index is 457. The van der Waals surface area contributed by atoms with Crippen molar-refractivity contribution in [1.82, 2.24) is 9.78 Å². The van der Waals surface area contributed by atoms with Gasteiger partial charge in [-0.3, -0.25) is 4.68 Å². The van der Waals surface area contributed by atoms with E-state index in [0.717, 1.165) is 23.5 Å². The lowest BCUT2D eigenvalue weighted by atomic mass is 9.79. The molecule has 98 valence electrons. The van der Waals surface area contributed by atoms with E-state index in [0.29, 0.717) is 0 Å². The predicted octanol–water partition coefficient (Wildman–Crippen LogP) is 1.43. The standard InChI is InChI=1S/C12H19BN2O2S/c1-11(2)12(3,4)17-13(16-11)9-7-14-15-5-6-18-8-10(9)15/h7H,5-6,8H2,1-4H3. The fourth-order valence-corrected chi connectivity index (χ4v) is 3.22. The first-order valence-electron chi connectivity index (χ1n) is 6.39. The van der Waals surface area contributed by atoms with Crippen molar-refractivity contribution in [3.63, 3.8) is 0 Å². The summed E-state index contributed by atoms with van der Waals surface area (Å²) < 4.78 is 14.3. The van der Waals surface area contributed by atoms with E-state index in [4.69, 9.17) is 9.31 Å². The highest BCUT2D eigenvalue weighted by atomic mass is 32.2. The molecule has 3 rings (SSSR count). The van der Waals surface area contributed by atoms with E-state index >= 15 is 0 Å². The van der Waals surface area contributed by atoms with Crippen LogP contribution in [0.2, 0.25) is 0 Å². The molecule has 1 fully saturated rings. The number of nitrogens with zero attached hydrogens (tertiary/aromatic N) is 2. The zero-order valence-corrected chi connectivity index (χ0v) is 12.2. The lowest BCUT2D eigenvalue weighted by Crippen LogP contribution is -2.41. The van der Waals surface area contributed by atoms with E-state index in [1.807, 2.05) is 18.0 Å². The van der Waals surface area contributed by atoms with Gasteiger partial charge in [-0.05, 0) is 27.7 Å². The van der Waals surface area contributed by atoms with E-state index in [1.165, 1.54) is 5.69 Å². The molecule has 4 nitrogen and oxygen atoms in total. The van der Waals surface area contributed by atoms with Crippen LogP contribution in [0.1, 0.15) is 33.4 Å². The lowest BCUT2D eigenvalue weighted by molar-refractivity contribution is 0.00578. The van der Waals surface area contributed by atoms with E-state index in [-0.39, 0.29) is 18.3 Å². The molecule has 18 heavy (non-hydrogen) atoms. The van der Waals surface area contributed by atoms with Crippen LogP contribution in [0.4, 0.5) is 0 Å². The van der Waals surface area contributed by atoms with Gasteiger partial charge in [0.15, 0.2) is 0 Å². The first-order chi connectivity index (χ1) is 8.41. The Hall–Kier alpha value is -0.455. The summed E-state index contributed by atoms with van der Waals surface area (Å²) >= 11 is 1.94. The van der Waals surface area contributed by atoms with Crippen molar-refractivity contribution in [2.24, 2.45) is 0 Å². The quantitative estimate of drug-likeness (QED) is 0.720. The maximum atomic E-state index is 6.09.